The average Bonchev–Trinajstić information content (AvgIpc) is 3.09. The van der Waals surface area contributed by atoms with Crippen LogP contribution in [0.4, 0.5) is 0 Å². The van der Waals surface area contributed by atoms with Gasteiger partial charge in [-0.15, -0.1) is 0 Å². The first-order valence-corrected chi connectivity index (χ1v) is 8.54. The van der Waals surface area contributed by atoms with E-state index in [2.05, 4.69) is 5.16 Å². The molecule has 2 N–H and O–H groups in total. The molecule has 1 aromatic carbocycles. The second kappa shape index (κ2) is 8.64. The Balaban J connectivity index is 1.82. The number of carbonyl (C=O) groups excluding carboxylic acids is 1. The highest BCUT2D eigenvalue weighted by Crippen LogP contribution is 2.19. The molecule has 24 heavy (non-hydrogen) atoms. The molecule has 1 amide bonds. The van der Waals surface area contributed by atoms with E-state index < -0.39 is 6.04 Å². The number of hydrogen-bond donors (Lipinski definition) is 1. The number of nitrogens with zero attached hydrogens (tertiary/aromatic N) is 2. The van der Waals surface area contributed by atoms with Crippen LogP contribution in [0.1, 0.15) is 32.4 Å². The first-order valence-electron chi connectivity index (χ1n) is 8.54. The molecule has 0 bridgehead atoms. The summed E-state index contributed by atoms with van der Waals surface area (Å²) in [6.45, 7) is 4.71. The van der Waals surface area contributed by atoms with Crippen molar-refractivity contribution in [3.05, 3.63) is 42.2 Å². The summed E-state index contributed by atoms with van der Waals surface area (Å²) in [6, 6.07) is 11.5. The minimum atomic E-state index is -0.421. The number of amides is 1. The topological polar surface area (TPSA) is 72.4 Å². The van der Waals surface area contributed by atoms with E-state index in [4.69, 9.17) is 10.3 Å². The van der Waals surface area contributed by atoms with Gasteiger partial charge in [0.15, 0.2) is 0 Å². The molecule has 2 unspecified atom stereocenters. The molecule has 0 aliphatic carbocycles. The van der Waals surface area contributed by atoms with Crippen LogP contribution in [0.2, 0.25) is 0 Å². The molecular formula is C19H27N3O2. The molecule has 2 aromatic rings. The number of nitrogens with two attached hydrogens (primary N) is 1. The average molecular weight is 329 g/mol. The van der Waals surface area contributed by atoms with E-state index in [1.54, 1.807) is 11.9 Å². The Morgan fingerprint density at radius 1 is 1.33 bits per heavy atom. The number of aromatic nitrogens is 1. The highest BCUT2D eigenvalue weighted by Gasteiger charge is 2.22. The Morgan fingerprint density at radius 2 is 2.04 bits per heavy atom. The Morgan fingerprint density at radius 3 is 2.71 bits per heavy atom. The third-order valence-electron chi connectivity index (χ3n) is 4.46. The second-order valence-electron chi connectivity index (χ2n) is 6.32. The van der Waals surface area contributed by atoms with Crippen LogP contribution in [0.15, 0.2) is 40.9 Å². The fourth-order valence-electron chi connectivity index (χ4n) is 2.53. The maximum absolute atomic E-state index is 12.2. The summed E-state index contributed by atoms with van der Waals surface area (Å²) in [7, 11) is 1.81. The Bertz CT molecular complexity index is 639. The van der Waals surface area contributed by atoms with Gasteiger partial charge in [0.05, 0.1) is 6.04 Å². The van der Waals surface area contributed by atoms with Gasteiger partial charge in [-0.25, -0.2) is 0 Å². The lowest BCUT2D eigenvalue weighted by Gasteiger charge is -2.24. The predicted molar refractivity (Wildman–Crippen MR) is 95.3 cm³/mol. The van der Waals surface area contributed by atoms with Crippen molar-refractivity contribution in [1.29, 1.82) is 0 Å². The maximum Gasteiger partial charge on any atom is 0.239 e. The molecule has 0 saturated heterocycles. The van der Waals surface area contributed by atoms with Crippen LogP contribution in [-0.4, -0.2) is 35.6 Å². The molecule has 0 spiro atoms. The number of rotatable bonds is 8. The molecule has 0 aliphatic rings. The fourth-order valence-corrected chi connectivity index (χ4v) is 2.53. The van der Waals surface area contributed by atoms with E-state index >= 15 is 0 Å². The third-order valence-corrected chi connectivity index (χ3v) is 4.46. The van der Waals surface area contributed by atoms with Gasteiger partial charge < -0.3 is 15.2 Å². The monoisotopic (exact) mass is 329 g/mol. The fraction of sp³-hybridized carbons (Fsp3) is 0.474. The van der Waals surface area contributed by atoms with Crippen LogP contribution >= 0.6 is 0 Å². The van der Waals surface area contributed by atoms with Crippen molar-refractivity contribution in [3.8, 4) is 11.3 Å². The predicted octanol–water partition coefficient (Wildman–Crippen LogP) is 3.11. The molecule has 0 fully saturated rings. The van der Waals surface area contributed by atoms with E-state index in [0.29, 0.717) is 6.54 Å². The van der Waals surface area contributed by atoms with E-state index in [9.17, 15) is 4.79 Å². The normalized spacial score (nSPS) is 13.5. The van der Waals surface area contributed by atoms with Crippen molar-refractivity contribution < 1.29 is 9.32 Å². The lowest BCUT2D eigenvalue weighted by molar-refractivity contribution is -0.132. The van der Waals surface area contributed by atoms with Crippen LogP contribution < -0.4 is 5.73 Å². The molecule has 0 radical (unpaired) electrons. The van der Waals surface area contributed by atoms with Gasteiger partial charge in [-0.3, -0.25) is 4.79 Å². The smallest absolute Gasteiger partial charge is 0.239 e. The summed E-state index contributed by atoms with van der Waals surface area (Å²) in [5, 5.41) is 4.11. The van der Waals surface area contributed by atoms with Crippen molar-refractivity contribution in [2.75, 3.05) is 13.6 Å². The summed E-state index contributed by atoms with van der Waals surface area (Å²) in [6.07, 6.45) is 2.47. The van der Waals surface area contributed by atoms with Gasteiger partial charge >= 0.3 is 0 Å². The summed E-state index contributed by atoms with van der Waals surface area (Å²) in [5.74, 6) is 1.04. The molecule has 1 heterocycles. The molecule has 5 heteroatoms. The van der Waals surface area contributed by atoms with E-state index in [0.717, 1.165) is 36.3 Å². The van der Waals surface area contributed by atoms with E-state index in [1.807, 2.05) is 50.2 Å². The van der Waals surface area contributed by atoms with Crippen molar-refractivity contribution in [3.63, 3.8) is 0 Å². The van der Waals surface area contributed by atoms with E-state index in [1.165, 1.54) is 0 Å². The second-order valence-corrected chi connectivity index (χ2v) is 6.32. The molecule has 5 nitrogen and oxygen atoms in total. The first kappa shape index (κ1) is 18.2. The Kier molecular flexibility index (Phi) is 6.55. The van der Waals surface area contributed by atoms with Gasteiger partial charge in [0.2, 0.25) is 5.91 Å². The third kappa shape index (κ3) is 4.68. The summed E-state index contributed by atoms with van der Waals surface area (Å²) < 4.78 is 5.39. The Labute approximate surface area is 143 Å². The molecule has 130 valence electrons. The number of carbonyl (C=O) groups is 1. The van der Waals surface area contributed by atoms with E-state index in [-0.39, 0.29) is 11.8 Å². The molecule has 2 rings (SSSR count). The van der Waals surface area contributed by atoms with Crippen LogP contribution in [0, 0.1) is 5.92 Å². The maximum atomic E-state index is 12.2. The number of likely N-dealkylation sites (N-methyl/N-ethyl adjacent to an activating group) is 1. The molecule has 1 aromatic heterocycles. The van der Waals surface area contributed by atoms with Crippen LogP contribution in [-0.2, 0) is 11.2 Å². The van der Waals surface area contributed by atoms with Gasteiger partial charge in [0.1, 0.15) is 11.5 Å². The van der Waals surface area contributed by atoms with Crippen LogP contribution in [0.25, 0.3) is 11.3 Å². The van der Waals surface area contributed by atoms with Gasteiger partial charge in [-0.05, 0) is 12.3 Å². The summed E-state index contributed by atoms with van der Waals surface area (Å²) in [4.78, 5) is 14.0. The largest absolute Gasteiger partial charge is 0.361 e. The van der Waals surface area contributed by atoms with Crippen molar-refractivity contribution in [2.45, 2.75) is 39.2 Å². The summed E-state index contributed by atoms with van der Waals surface area (Å²) in [5.41, 5.74) is 7.89. The molecular weight excluding hydrogens is 302 g/mol. The quantitative estimate of drug-likeness (QED) is 0.807. The zero-order valence-corrected chi connectivity index (χ0v) is 14.7. The number of benzene rings is 1. The lowest BCUT2D eigenvalue weighted by Crippen LogP contribution is -2.45. The molecule has 2 atom stereocenters. The molecule has 0 aliphatic heterocycles. The zero-order valence-electron chi connectivity index (χ0n) is 14.7. The van der Waals surface area contributed by atoms with Crippen LogP contribution in [0.5, 0.6) is 0 Å². The number of hydrogen-bond acceptors (Lipinski definition) is 4. The highest BCUT2D eigenvalue weighted by molar-refractivity contribution is 5.81. The highest BCUT2D eigenvalue weighted by atomic mass is 16.5. The number of aryl methyl sites for hydroxylation is 1. The minimum Gasteiger partial charge on any atom is -0.361 e. The SMILES string of the molecule is CCC(C)C(N)C(=O)N(C)CCCc1cc(-c2ccccc2)no1. The first-order chi connectivity index (χ1) is 11.5. The zero-order chi connectivity index (χ0) is 17.5. The van der Waals surface area contributed by atoms with Crippen molar-refractivity contribution >= 4 is 5.91 Å². The lowest BCUT2D eigenvalue weighted by atomic mass is 9.99. The minimum absolute atomic E-state index is 0.00638. The van der Waals surface area contributed by atoms with Crippen LogP contribution in [0.3, 0.4) is 0 Å². The summed E-state index contributed by atoms with van der Waals surface area (Å²) >= 11 is 0. The van der Waals surface area contributed by atoms with Gasteiger partial charge in [-0.2, -0.15) is 0 Å². The van der Waals surface area contributed by atoms with Crippen molar-refractivity contribution in [2.24, 2.45) is 11.7 Å². The van der Waals surface area contributed by atoms with Crippen molar-refractivity contribution in [1.82, 2.24) is 10.1 Å². The van der Waals surface area contributed by atoms with Gasteiger partial charge in [0.25, 0.3) is 0 Å². The van der Waals surface area contributed by atoms with Gasteiger partial charge in [-0.1, -0.05) is 55.8 Å². The van der Waals surface area contributed by atoms with Gasteiger partial charge in [0, 0.05) is 31.6 Å². The molecule has 0 saturated carbocycles. The Hall–Kier alpha value is -2.14. The standard InChI is InChI=1S/C19H27N3O2/c1-4-14(2)18(20)19(23)22(3)12-8-11-16-13-17(21-24-16)15-9-6-5-7-10-15/h5-7,9-10,13-14,18H,4,8,11-12,20H2,1-3H3.